The number of carbonyl (C=O) groups excluding carboxylic acids is 1. The minimum Gasteiger partial charge on any atom is -0.489 e. The Kier molecular flexibility index (Phi) is 11.5. The number of piperidine rings is 1. The normalized spacial score (nSPS) is 15.8. The first kappa shape index (κ1) is 37.5. The molecule has 1 atom stereocenters. The maximum atomic E-state index is 13.3. The van der Waals surface area contributed by atoms with Crippen molar-refractivity contribution in [1.29, 1.82) is 0 Å². The molecule has 12 nitrogen and oxygen atoms in total. The number of alkyl halides is 5. The summed E-state index contributed by atoms with van der Waals surface area (Å²) in [6, 6.07) is 8.27. The Morgan fingerprint density at radius 2 is 1.86 bits per heavy atom. The lowest BCUT2D eigenvalue weighted by atomic mass is 10.0. The zero-order valence-electron chi connectivity index (χ0n) is 27.1. The molecule has 0 spiro atoms. The molecule has 4 aromatic rings. The number of aromatic amines is 2. The molecule has 2 aliphatic rings. The van der Waals surface area contributed by atoms with Crippen LogP contribution in [-0.4, -0.2) is 98.5 Å². The van der Waals surface area contributed by atoms with Crippen LogP contribution in [0.5, 0.6) is 5.75 Å². The van der Waals surface area contributed by atoms with Crippen molar-refractivity contribution in [2.24, 2.45) is 0 Å². The van der Waals surface area contributed by atoms with Gasteiger partial charge in [0.15, 0.2) is 0 Å². The number of carboxylic acids is 1. The second kappa shape index (κ2) is 15.7. The van der Waals surface area contributed by atoms with E-state index in [0.29, 0.717) is 34.7 Å². The van der Waals surface area contributed by atoms with Gasteiger partial charge in [0.05, 0.1) is 21.7 Å². The number of aliphatic hydroxyl groups excluding tert-OH is 1. The fourth-order valence-corrected chi connectivity index (χ4v) is 6.11. The highest BCUT2D eigenvalue weighted by molar-refractivity contribution is 6.32. The Morgan fingerprint density at radius 3 is 2.51 bits per heavy atom. The second-order valence-electron chi connectivity index (χ2n) is 12.2. The molecule has 0 unspecified atom stereocenters. The highest BCUT2D eigenvalue weighted by Gasteiger charge is 2.38. The molecule has 4 heterocycles. The predicted octanol–water partition coefficient (Wildman–Crippen LogP) is 5.05. The van der Waals surface area contributed by atoms with E-state index in [2.05, 4.69) is 32.2 Å². The number of nitrogens with zero attached hydrogens (tertiary/aromatic N) is 3. The van der Waals surface area contributed by atoms with Gasteiger partial charge in [-0.15, -0.1) is 0 Å². The lowest BCUT2D eigenvalue weighted by Crippen LogP contribution is -2.43. The summed E-state index contributed by atoms with van der Waals surface area (Å²) in [5.41, 5.74) is 3.42. The van der Waals surface area contributed by atoms with Crippen molar-refractivity contribution in [3.05, 3.63) is 74.2 Å². The molecule has 0 radical (unpaired) electrons. The molecule has 0 bridgehead atoms. The quantitative estimate of drug-likeness (QED) is 0.140. The van der Waals surface area contributed by atoms with E-state index >= 15 is 0 Å². The first-order valence-electron chi connectivity index (χ1n) is 15.7. The molecule has 1 amide bonds. The smallest absolute Gasteiger partial charge is 0.489 e. The summed E-state index contributed by atoms with van der Waals surface area (Å²) in [6.07, 6.45) is -2.77. The molecule has 1 saturated heterocycles. The number of aliphatic carboxylic acids is 1. The summed E-state index contributed by atoms with van der Waals surface area (Å²) in [7, 11) is 2.09. The monoisotopic (exact) mass is 740 g/mol. The number of hydrogen-bond acceptors (Lipinski definition) is 8. The van der Waals surface area contributed by atoms with Gasteiger partial charge in [-0.3, -0.25) is 9.59 Å². The summed E-state index contributed by atoms with van der Waals surface area (Å²) in [6.45, 7) is 0.556. The summed E-state index contributed by atoms with van der Waals surface area (Å²) in [5, 5.41) is 20.8. The van der Waals surface area contributed by atoms with Crippen molar-refractivity contribution in [3.63, 3.8) is 0 Å². The van der Waals surface area contributed by atoms with Crippen LogP contribution in [0.4, 0.5) is 27.6 Å². The number of fused-ring (bicyclic) bond motifs is 2. The molecular formula is C33H34ClF5N6O6. The number of likely N-dealkylation sites (tertiary alicyclic amines) is 1. The number of H-pyrrole nitrogens is 2. The zero-order valence-corrected chi connectivity index (χ0v) is 27.9. The number of nitrogens with one attached hydrogen (secondary N) is 3. The second-order valence-corrected chi connectivity index (χ2v) is 12.5. The van der Waals surface area contributed by atoms with Gasteiger partial charge >= 0.3 is 12.1 Å². The van der Waals surface area contributed by atoms with Gasteiger partial charge in [0.1, 0.15) is 43.2 Å². The predicted molar refractivity (Wildman–Crippen MR) is 177 cm³/mol. The molecule has 1 fully saturated rings. The number of halogens is 6. The molecule has 5 N–H and O–H groups in total. The minimum atomic E-state index is -5.08. The Balaban J connectivity index is 0.000000654. The number of aliphatic hydroxyl groups is 1. The van der Waals surface area contributed by atoms with Gasteiger partial charge in [-0.2, -0.15) is 13.2 Å². The lowest BCUT2D eigenvalue weighted by Gasteiger charge is -2.34. The van der Waals surface area contributed by atoms with Crippen LogP contribution < -0.4 is 15.6 Å². The van der Waals surface area contributed by atoms with Crippen LogP contribution in [0.3, 0.4) is 0 Å². The largest absolute Gasteiger partial charge is 0.490 e. The van der Waals surface area contributed by atoms with E-state index in [4.69, 9.17) is 26.2 Å². The van der Waals surface area contributed by atoms with Gasteiger partial charge in [-0.25, -0.2) is 18.6 Å². The molecule has 6 rings (SSSR count). The average Bonchev–Trinajstić information content (AvgIpc) is 3.65. The van der Waals surface area contributed by atoms with E-state index in [1.807, 2.05) is 11.0 Å². The van der Waals surface area contributed by atoms with Crippen molar-refractivity contribution in [2.45, 2.75) is 51.1 Å². The molecule has 51 heavy (non-hydrogen) atoms. The number of pyridine rings is 1. The van der Waals surface area contributed by atoms with E-state index in [9.17, 15) is 36.6 Å². The molecule has 2 aromatic carbocycles. The number of aromatic nitrogens is 3. The summed E-state index contributed by atoms with van der Waals surface area (Å²) >= 11 is 6.17. The van der Waals surface area contributed by atoms with Crippen LogP contribution >= 0.6 is 11.6 Å². The maximum Gasteiger partial charge on any atom is 0.490 e. The lowest BCUT2D eigenvalue weighted by molar-refractivity contribution is -0.192. The third kappa shape index (κ3) is 8.60. The minimum absolute atomic E-state index is 0.00995. The third-order valence-electron chi connectivity index (χ3n) is 8.54. The highest BCUT2D eigenvalue weighted by atomic mass is 35.5. The summed E-state index contributed by atoms with van der Waals surface area (Å²) in [5.74, 6) is -2.36. The molecule has 0 saturated carbocycles. The number of hydrogen-bond donors (Lipinski definition) is 5. The van der Waals surface area contributed by atoms with Gasteiger partial charge < -0.3 is 40.0 Å². The van der Waals surface area contributed by atoms with E-state index in [1.54, 1.807) is 12.1 Å². The van der Waals surface area contributed by atoms with Crippen LogP contribution in [0.15, 0.2) is 41.3 Å². The van der Waals surface area contributed by atoms with Crippen LogP contribution in [0.2, 0.25) is 5.02 Å². The topological polar surface area (TPSA) is 164 Å². The Hall–Kier alpha value is -4.74. The molecule has 0 aliphatic carbocycles. The third-order valence-corrected chi connectivity index (χ3v) is 8.97. The number of amides is 1. The number of benzene rings is 2. The van der Waals surface area contributed by atoms with E-state index in [1.165, 1.54) is 18.3 Å². The number of carbonyl (C=O) groups is 2. The van der Waals surface area contributed by atoms with Gasteiger partial charge in [-0.1, -0.05) is 11.6 Å². The fourth-order valence-electron chi connectivity index (χ4n) is 5.89. The van der Waals surface area contributed by atoms with Crippen molar-refractivity contribution in [1.82, 2.24) is 24.8 Å². The number of anilines is 1. The van der Waals surface area contributed by atoms with Crippen LogP contribution in [0.25, 0.3) is 22.4 Å². The van der Waals surface area contributed by atoms with Crippen molar-refractivity contribution in [3.8, 4) is 17.1 Å². The fraction of sp³-hybridized carbons (Fsp3) is 0.394. The number of ether oxygens (including phenoxy) is 1. The van der Waals surface area contributed by atoms with E-state index in [0.717, 1.165) is 31.5 Å². The summed E-state index contributed by atoms with van der Waals surface area (Å²) < 4.78 is 63.8. The average molecular weight is 741 g/mol. The summed E-state index contributed by atoms with van der Waals surface area (Å²) in [4.78, 5) is 49.9. The van der Waals surface area contributed by atoms with E-state index in [-0.39, 0.29) is 52.6 Å². The standard InChI is InChI=1S/C31H33ClF2N6O4.C2HF3O2/c1-39-6-3-20(4-7-39)40-15-19-10-24-25(11-22(19)31(40)43)38-29(37-24)27-23(2-5-35-30(27)42)36-14-21(41)16-44-26-9-17(12-33)8-18(13-34)28(26)32;3-2(4,5)1(6)7/h2,5,8-11,20-21,41H,3-4,6-7,12-16H2,1H3,(H,37,38)(H2,35,36,42);(H,6,7)/t21-;/m1./s1. The van der Waals surface area contributed by atoms with Crippen LogP contribution in [-0.2, 0) is 24.7 Å². The molecule has 2 aromatic heterocycles. The molecular weight excluding hydrogens is 707 g/mol. The molecule has 2 aliphatic heterocycles. The van der Waals surface area contributed by atoms with E-state index < -0.39 is 37.2 Å². The molecule has 274 valence electrons. The number of carboxylic acid groups (broad SMARTS) is 1. The van der Waals surface area contributed by atoms with Crippen molar-refractivity contribution < 1.29 is 46.5 Å². The first-order chi connectivity index (χ1) is 24.2. The highest BCUT2D eigenvalue weighted by Crippen LogP contribution is 2.33. The van der Waals surface area contributed by atoms with Gasteiger partial charge in [0.2, 0.25) is 0 Å². The van der Waals surface area contributed by atoms with Crippen molar-refractivity contribution in [2.75, 3.05) is 38.6 Å². The molecule has 18 heteroatoms. The SMILES string of the molecule is CN1CCC(N2Cc3cc4[nH]c(-c5c(NC[C@@H](O)COc6cc(CF)cc(CF)c6Cl)cc[nH]c5=O)nc4cc3C2=O)CC1.O=C(O)C(F)(F)F. The van der Waals surface area contributed by atoms with Crippen LogP contribution in [0, 0.1) is 0 Å². The Labute approximate surface area is 292 Å². The maximum absolute atomic E-state index is 13.3. The van der Waals surface area contributed by atoms with Gasteiger partial charge in [0, 0.05) is 36.5 Å². The van der Waals surface area contributed by atoms with Crippen LogP contribution in [0.1, 0.15) is 39.9 Å². The number of imidazole rings is 1. The zero-order chi connectivity index (χ0) is 37.0. The van der Waals surface area contributed by atoms with Crippen molar-refractivity contribution >= 4 is 40.2 Å². The first-order valence-corrected chi connectivity index (χ1v) is 16.1. The Bertz CT molecular complexity index is 1960. The van der Waals surface area contributed by atoms with Gasteiger partial charge in [0.25, 0.3) is 11.5 Å². The van der Waals surface area contributed by atoms with Gasteiger partial charge in [-0.05, 0) is 74.4 Å². The number of rotatable bonds is 10. The Morgan fingerprint density at radius 1 is 1.16 bits per heavy atom.